The fourth-order valence-corrected chi connectivity index (χ4v) is 0. The molecule has 0 radical (unpaired) electrons. The Morgan fingerprint density at radius 1 is 0.875 bits per heavy atom. The molecule has 0 aromatic heterocycles. The number of rotatable bonds is 1. The summed E-state index contributed by atoms with van der Waals surface area (Å²) in [5.74, 6) is 0. The van der Waals surface area contributed by atoms with Crippen LogP contribution in [0.4, 0.5) is 0 Å². The normalized spacial score (nSPS) is 8.25. The highest BCUT2D eigenvalue weighted by Crippen LogP contribution is 2.13. The maximum Gasteiger partial charge on any atom is 0.124 e. The summed E-state index contributed by atoms with van der Waals surface area (Å²) >= 11 is 15.7. The molecule has 0 heterocycles. The fourth-order valence-electron chi connectivity index (χ4n) is 0. The lowest BCUT2D eigenvalue weighted by Gasteiger charge is -1.70. The van der Waals surface area contributed by atoms with Crippen molar-refractivity contribution in [2.75, 3.05) is 10.7 Å². The minimum atomic E-state index is 0.271. The highest BCUT2D eigenvalue weighted by molar-refractivity contribution is 9.38. The van der Waals surface area contributed by atoms with Gasteiger partial charge in [0, 0.05) is 10.7 Å². The average molecular weight is 441 g/mol. The Bertz CT molecular complexity index is 24.1. The lowest BCUT2D eigenvalue weighted by molar-refractivity contribution is 1.62. The van der Waals surface area contributed by atoms with Gasteiger partial charge in [-0.15, -0.1) is 0 Å². The van der Waals surface area contributed by atoms with Crippen molar-refractivity contribution in [2.24, 2.45) is 0 Å². The van der Waals surface area contributed by atoms with Crippen molar-refractivity contribution in [3.8, 4) is 0 Å². The minimum Gasteiger partial charge on any atom is -0.0919 e. The van der Waals surface area contributed by atoms with Crippen LogP contribution in [0.15, 0.2) is 0 Å². The summed E-state index contributed by atoms with van der Waals surface area (Å²) in [5.41, 5.74) is 0. The second-order valence-corrected chi connectivity index (χ2v) is 8.64. The molecular formula is C3H5Br5. The molecule has 0 aliphatic carbocycles. The van der Waals surface area contributed by atoms with E-state index in [1.165, 1.54) is 0 Å². The summed E-state index contributed by atoms with van der Waals surface area (Å²) in [5, 5.41) is 2.10. The van der Waals surface area contributed by atoms with E-state index in [0.29, 0.717) is 0 Å². The van der Waals surface area contributed by atoms with Crippen LogP contribution < -0.4 is 0 Å². The first-order chi connectivity index (χ1) is 3.65. The quantitative estimate of drug-likeness (QED) is 0.536. The molecule has 5 heteroatoms. The van der Waals surface area contributed by atoms with Crippen molar-refractivity contribution in [3.05, 3.63) is 0 Å². The Morgan fingerprint density at radius 3 is 1.00 bits per heavy atom. The summed E-state index contributed by atoms with van der Waals surface area (Å²) in [4.78, 5) is 0. The topological polar surface area (TPSA) is 0 Å². The third-order valence-electron chi connectivity index (χ3n) is 0.0714. The summed E-state index contributed by atoms with van der Waals surface area (Å²) in [6.45, 7) is 0. The van der Waals surface area contributed by atoms with Gasteiger partial charge in [-0.3, -0.25) is 0 Å². The largest absolute Gasteiger partial charge is 0.124 e. The lowest BCUT2D eigenvalue weighted by atomic mass is 11.0. The van der Waals surface area contributed by atoms with E-state index in [9.17, 15) is 0 Å². The van der Waals surface area contributed by atoms with E-state index in [1.54, 1.807) is 0 Å². The van der Waals surface area contributed by atoms with E-state index in [4.69, 9.17) is 0 Å². The van der Waals surface area contributed by atoms with Gasteiger partial charge in [-0.05, 0) is 0 Å². The maximum atomic E-state index is 3.20. The molecule has 0 bridgehead atoms. The standard InChI is InChI=1S/C2H4Br2.CHBr3/c3-1-2-4;2-1(3)4/h1-2H2;1H. The zero-order chi connectivity index (χ0) is 6.99. The first-order valence-electron chi connectivity index (χ1n) is 1.69. The summed E-state index contributed by atoms with van der Waals surface area (Å²) in [6, 6.07) is 0. The van der Waals surface area contributed by atoms with E-state index in [0.717, 1.165) is 10.7 Å². The predicted molar refractivity (Wildman–Crippen MR) is 58.2 cm³/mol. The Hall–Kier alpha value is 2.40. The van der Waals surface area contributed by atoms with Crippen LogP contribution in [0.5, 0.6) is 0 Å². The molecule has 0 N–H and O–H groups in total. The fraction of sp³-hybridized carbons (Fsp3) is 1.00. The Kier molecular flexibility index (Phi) is 19.7. The molecule has 0 saturated carbocycles. The van der Waals surface area contributed by atoms with Crippen molar-refractivity contribution in [3.63, 3.8) is 0 Å². The van der Waals surface area contributed by atoms with E-state index in [1.807, 2.05) is 0 Å². The number of hydrogen-bond acceptors (Lipinski definition) is 0. The van der Waals surface area contributed by atoms with Crippen LogP contribution in [0.3, 0.4) is 0 Å². The molecule has 0 aliphatic heterocycles. The van der Waals surface area contributed by atoms with Gasteiger partial charge in [0.2, 0.25) is 0 Å². The summed E-state index contributed by atoms with van der Waals surface area (Å²) in [6.07, 6.45) is 0. The second-order valence-electron chi connectivity index (χ2n) is 0.625. The first kappa shape index (κ1) is 13.0. The molecule has 0 spiro atoms. The Labute approximate surface area is 91.8 Å². The van der Waals surface area contributed by atoms with Crippen LogP contribution in [0.1, 0.15) is 0 Å². The van der Waals surface area contributed by atoms with E-state index < -0.39 is 0 Å². The molecule has 0 rings (SSSR count). The number of halogens is 5. The van der Waals surface area contributed by atoms with Crippen molar-refractivity contribution in [2.45, 2.75) is 2.65 Å². The second kappa shape index (κ2) is 12.1. The summed E-state index contributed by atoms with van der Waals surface area (Å²) < 4.78 is 0.271. The zero-order valence-corrected chi connectivity index (χ0v) is 11.8. The molecule has 0 amide bonds. The van der Waals surface area contributed by atoms with Gasteiger partial charge in [0.15, 0.2) is 0 Å². The molecule has 0 unspecified atom stereocenters. The molecule has 0 saturated heterocycles. The Balaban J connectivity index is 0. The SMILES string of the molecule is BrC(Br)Br.BrCCBr. The van der Waals surface area contributed by atoms with Crippen LogP contribution in [0, 0.1) is 0 Å². The zero-order valence-electron chi connectivity index (χ0n) is 3.88. The number of alkyl halides is 5. The van der Waals surface area contributed by atoms with E-state index in [-0.39, 0.29) is 2.65 Å². The van der Waals surface area contributed by atoms with Crippen LogP contribution in [0.25, 0.3) is 0 Å². The monoisotopic (exact) mass is 436 g/mol. The van der Waals surface area contributed by atoms with Gasteiger partial charge >= 0.3 is 0 Å². The summed E-state index contributed by atoms with van der Waals surface area (Å²) in [7, 11) is 0. The first-order valence-corrected chi connectivity index (χ1v) is 6.68. The van der Waals surface area contributed by atoms with E-state index in [2.05, 4.69) is 79.6 Å². The van der Waals surface area contributed by atoms with Gasteiger partial charge in [0.1, 0.15) is 2.65 Å². The molecule has 0 fully saturated rings. The highest BCUT2D eigenvalue weighted by Gasteiger charge is 1.77. The van der Waals surface area contributed by atoms with Crippen molar-refractivity contribution >= 4 is 79.6 Å². The van der Waals surface area contributed by atoms with Gasteiger partial charge in [-0.25, -0.2) is 0 Å². The van der Waals surface area contributed by atoms with Crippen molar-refractivity contribution in [1.82, 2.24) is 0 Å². The third-order valence-corrected chi connectivity index (χ3v) is 1.93. The molecular weight excluding hydrogens is 436 g/mol. The van der Waals surface area contributed by atoms with Crippen LogP contribution in [-0.2, 0) is 0 Å². The van der Waals surface area contributed by atoms with Gasteiger partial charge in [0.25, 0.3) is 0 Å². The smallest absolute Gasteiger partial charge is 0.0919 e. The molecule has 0 aromatic carbocycles. The van der Waals surface area contributed by atoms with Crippen molar-refractivity contribution < 1.29 is 0 Å². The van der Waals surface area contributed by atoms with Crippen molar-refractivity contribution in [1.29, 1.82) is 0 Å². The van der Waals surface area contributed by atoms with Crippen LogP contribution >= 0.6 is 79.6 Å². The Morgan fingerprint density at radius 2 is 1.00 bits per heavy atom. The minimum absolute atomic E-state index is 0.271. The van der Waals surface area contributed by atoms with Gasteiger partial charge in [-0.2, -0.15) is 0 Å². The molecule has 8 heavy (non-hydrogen) atoms. The van der Waals surface area contributed by atoms with Gasteiger partial charge < -0.3 is 0 Å². The molecule has 0 aliphatic rings. The third kappa shape index (κ3) is 39.8. The molecule has 0 aromatic rings. The number of hydrogen-bond donors (Lipinski definition) is 0. The molecule has 52 valence electrons. The van der Waals surface area contributed by atoms with Gasteiger partial charge in [0.05, 0.1) is 0 Å². The predicted octanol–water partition coefficient (Wildman–Crippen LogP) is 4.23. The molecule has 0 atom stereocenters. The maximum absolute atomic E-state index is 3.20. The van der Waals surface area contributed by atoms with E-state index >= 15 is 0 Å². The average Bonchev–Trinajstić information content (AvgIpc) is 1.65. The lowest BCUT2D eigenvalue weighted by Crippen LogP contribution is -1.61. The highest BCUT2D eigenvalue weighted by atomic mass is 80.0. The molecule has 0 nitrogen and oxygen atoms in total. The van der Waals surface area contributed by atoms with Gasteiger partial charge in [-0.1, -0.05) is 79.6 Å². The van der Waals surface area contributed by atoms with Crippen LogP contribution in [-0.4, -0.2) is 13.3 Å². The van der Waals surface area contributed by atoms with Crippen LogP contribution in [0.2, 0.25) is 0 Å².